The molecule has 2 aliphatic carbocycles. The summed E-state index contributed by atoms with van der Waals surface area (Å²) in [6.07, 6.45) is 4.36. The molecule has 2 heteroatoms. The molecule has 1 aliphatic heterocycles. The largest absolute Gasteiger partial charge is 0.473 e. The zero-order valence-electron chi connectivity index (χ0n) is 14.1. The van der Waals surface area contributed by atoms with Crippen molar-refractivity contribution < 1.29 is 4.74 Å². The van der Waals surface area contributed by atoms with Crippen molar-refractivity contribution in [3.05, 3.63) is 71.3 Å². The average molecular weight is 317 g/mol. The first kappa shape index (κ1) is 14.3. The minimum atomic E-state index is 0.247. The molecule has 0 radical (unpaired) electrons. The molecule has 24 heavy (non-hydrogen) atoms. The van der Waals surface area contributed by atoms with Gasteiger partial charge in [-0.2, -0.15) is 0 Å². The molecule has 1 heterocycles. The normalized spacial score (nSPS) is 33.7. The molecular weight excluding hydrogens is 294 g/mol. The predicted octanol–water partition coefficient (Wildman–Crippen LogP) is 4.93. The smallest absolute Gasteiger partial charge is 0.216 e. The van der Waals surface area contributed by atoms with E-state index in [1.165, 1.54) is 30.4 Å². The van der Waals surface area contributed by atoms with E-state index in [1.807, 2.05) is 0 Å². The third-order valence-electron chi connectivity index (χ3n) is 6.21. The van der Waals surface area contributed by atoms with Crippen LogP contribution in [-0.4, -0.2) is 12.0 Å². The van der Waals surface area contributed by atoms with Crippen molar-refractivity contribution in [2.24, 2.45) is 22.7 Å². The maximum Gasteiger partial charge on any atom is 0.216 e. The number of rotatable bonds is 2. The molecule has 2 aromatic rings. The molecule has 0 saturated heterocycles. The summed E-state index contributed by atoms with van der Waals surface area (Å²) < 4.78 is 6.47. The van der Waals surface area contributed by atoms with Crippen molar-refractivity contribution in [2.45, 2.75) is 38.3 Å². The third kappa shape index (κ3) is 2.20. The van der Waals surface area contributed by atoms with Gasteiger partial charge in [-0.1, -0.05) is 48.0 Å². The van der Waals surface area contributed by atoms with Crippen LogP contribution in [0.25, 0.3) is 0 Å². The number of nitrogens with zero attached hydrogens (tertiary/aromatic N) is 1. The fourth-order valence-corrected chi connectivity index (χ4v) is 5.05. The Morgan fingerprint density at radius 2 is 1.67 bits per heavy atom. The molecule has 2 aromatic carbocycles. The van der Waals surface area contributed by atoms with Crippen molar-refractivity contribution in [2.75, 3.05) is 0 Å². The lowest BCUT2D eigenvalue weighted by atomic mass is 9.78. The van der Waals surface area contributed by atoms with E-state index >= 15 is 0 Å². The highest BCUT2D eigenvalue weighted by molar-refractivity contribution is 5.95. The van der Waals surface area contributed by atoms with Gasteiger partial charge in [-0.3, -0.25) is 0 Å². The lowest BCUT2D eigenvalue weighted by Gasteiger charge is -2.39. The molecule has 2 fully saturated rings. The molecule has 0 aromatic heterocycles. The van der Waals surface area contributed by atoms with Gasteiger partial charge >= 0.3 is 0 Å². The Labute approximate surface area is 143 Å². The minimum Gasteiger partial charge on any atom is -0.473 e. The van der Waals surface area contributed by atoms with Gasteiger partial charge in [0.15, 0.2) is 0 Å². The van der Waals surface area contributed by atoms with E-state index in [2.05, 4.69) is 61.5 Å². The number of aliphatic imine (C=N–C) groups is 1. The second-order valence-electron chi connectivity index (χ2n) is 7.65. The number of benzene rings is 2. The van der Waals surface area contributed by atoms with Gasteiger partial charge in [0.25, 0.3) is 0 Å². The SMILES string of the molecule is Cc1ccc(C2=N[C@@H](c3ccccc3)[C@H]3[C@@H]4CC[C@@H](C4)[C@H]3O2)cc1. The lowest BCUT2D eigenvalue weighted by Crippen LogP contribution is -2.40. The van der Waals surface area contributed by atoms with Crippen LogP contribution in [0.4, 0.5) is 0 Å². The monoisotopic (exact) mass is 317 g/mol. The molecule has 2 saturated carbocycles. The first-order chi connectivity index (χ1) is 11.8. The number of aryl methyl sites for hydroxylation is 1. The summed E-state index contributed by atoms with van der Waals surface area (Å²) in [5.74, 6) is 2.91. The van der Waals surface area contributed by atoms with E-state index in [-0.39, 0.29) is 6.04 Å². The number of fused-ring (bicyclic) bond motifs is 5. The van der Waals surface area contributed by atoms with Crippen molar-refractivity contribution in [3.63, 3.8) is 0 Å². The summed E-state index contributed by atoms with van der Waals surface area (Å²) in [5.41, 5.74) is 3.73. The van der Waals surface area contributed by atoms with E-state index in [0.717, 1.165) is 23.3 Å². The Kier molecular flexibility index (Phi) is 3.26. The summed E-state index contributed by atoms with van der Waals surface area (Å²) in [4.78, 5) is 5.11. The van der Waals surface area contributed by atoms with Gasteiger partial charge in [0.1, 0.15) is 6.10 Å². The van der Waals surface area contributed by atoms with Crippen LogP contribution in [0.3, 0.4) is 0 Å². The Morgan fingerprint density at radius 3 is 2.46 bits per heavy atom. The Bertz CT molecular complexity index is 764. The van der Waals surface area contributed by atoms with E-state index in [0.29, 0.717) is 12.0 Å². The number of hydrogen-bond acceptors (Lipinski definition) is 2. The molecule has 2 bridgehead atoms. The van der Waals surface area contributed by atoms with Crippen LogP contribution in [-0.2, 0) is 4.74 Å². The zero-order chi connectivity index (χ0) is 16.1. The Morgan fingerprint density at radius 1 is 0.917 bits per heavy atom. The van der Waals surface area contributed by atoms with Crippen LogP contribution in [0.1, 0.15) is 42.0 Å². The average Bonchev–Trinajstić information content (AvgIpc) is 3.24. The van der Waals surface area contributed by atoms with Crippen molar-refractivity contribution in [3.8, 4) is 0 Å². The van der Waals surface area contributed by atoms with Gasteiger partial charge in [0, 0.05) is 11.5 Å². The quantitative estimate of drug-likeness (QED) is 0.770. The van der Waals surface area contributed by atoms with E-state index in [4.69, 9.17) is 9.73 Å². The molecule has 0 N–H and O–H groups in total. The van der Waals surface area contributed by atoms with Crippen LogP contribution in [0.15, 0.2) is 59.6 Å². The highest BCUT2D eigenvalue weighted by atomic mass is 16.5. The second-order valence-corrected chi connectivity index (χ2v) is 7.65. The van der Waals surface area contributed by atoms with E-state index in [1.54, 1.807) is 0 Å². The Hall–Kier alpha value is -2.09. The molecule has 122 valence electrons. The van der Waals surface area contributed by atoms with Crippen LogP contribution in [0.5, 0.6) is 0 Å². The van der Waals surface area contributed by atoms with Gasteiger partial charge in [0.2, 0.25) is 5.90 Å². The lowest BCUT2D eigenvalue weighted by molar-refractivity contribution is 0.0408. The first-order valence-corrected chi connectivity index (χ1v) is 9.16. The predicted molar refractivity (Wildman–Crippen MR) is 96.1 cm³/mol. The van der Waals surface area contributed by atoms with Crippen LogP contribution >= 0.6 is 0 Å². The fourth-order valence-electron chi connectivity index (χ4n) is 5.05. The fraction of sp³-hybridized carbons (Fsp3) is 0.409. The summed E-state index contributed by atoms with van der Waals surface area (Å²) in [6, 6.07) is 19.6. The minimum absolute atomic E-state index is 0.247. The molecule has 0 amide bonds. The summed E-state index contributed by atoms with van der Waals surface area (Å²) in [5, 5.41) is 0. The van der Waals surface area contributed by atoms with Gasteiger partial charge in [0.05, 0.1) is 6.04 Å². The zero-order valence-corrected chi connectivity index (χ0v) is 14.1. The van der Waals surface area contributed by atoms with E-state index < -0.39 is 0 Å². The first-order valence-electron chi connectivity index (χ1n) is 9.16. The number of ether oxygens (including phenoxy) is 1. The third-order valence-corrected chi connectivity index (χ3v) is 6.21. The maximum atomic E-state index is 6.47. The highest BCUT2D eigenvalue weighted by Crippen LogP contribution is 2.56. The molecular formula is C22H23NO. The molecule has 0 spiro atoms. The van der Waals surface area contributed by atoms with Gasteiger partial charge in [-0.05, 0) is 55.7 Å². The van der Waals surface area contributed by atoms with Crippen LogP contribution in [0, 0.1) is 24.7 Å². The molecule has 5 atom stereocenters. The van der Waals surface area contributed by atoms with Gasteiger partial charge in [-0.15, -0.1) is 0 Å². The van der Waals surface area contributed by atoms with Gasteiger partial charge < -0.3 is 4.74 Å². The Balaban J connectivity index is 1.58. The molecule has 0 unspecified atom stereocenters. The van der Waals surface area contributed by atoms with Crippen molar-refractivity contribution >= 4 is 5.90 Å². The highest BCUT2D eigenvalue weighted by Gasteiger charge is 2.54. The molecule has 5 rings (SSSR count). The molecule has 3 aliphatic rings. The van der Waals surface area contributed by atoms with Crippen molar-refractivity contribution in [1.82, 2.24) is 0 Å². The topological polar surface area (TPSA) is 21.6 Å². The number of hydrogen-bond donors (Lipinski definition) is 0. The van der Waals surface area contributed by atoms with Crippen molar-refractivity contribution in [1.29, 1.82) is 0 Å². The maximum absolute atomic E-state index is 6.47. The summed E-state index contributed by atoms with van der Waals surface area (Å²) in [7, 11) is 0. The standard InChI is InChI=1S/C22H23NO/c1-14-7-9-16(10-8-14)22-23-20(15-5-3-2-4-6-15)19-17-11-12-18(13-17)21(19)24-22/h2-10,17-21H,11-13H2,1H3/t17-,18+,19-,20+,21-/m1/s1. The van der Waals surface area contributed by atoms with E-state index in [9.17, 15) is 0 Å². The second kappa shape index (κ2) is 5.47. The summed E-state index contributed by atoms with van der Waals surface area (Å²) >= 11 is 0. The van der Waals surface area contributed by atoms with Crippen LogP contribution in [0.2, 0.25) is 0 Å². The summed E-state index contributed by atoms with van der Waals surface area (Å²) in [6.45, 7) is 2.12. The van der Waals surface area contributed by atoms with Gasteiger partial charge in [-0.25, -0.2) is 4.99 Å². The molecule has 2 nitrogen and oxygen atoms in total. The van der Waals surface area contributed by atoms with Crippen LogP contribution < -0.4 is 0 Å².